The third-order valence-electron chi connectivity index (χ3n) is 3.87. The summed E-state index contributed by atoms with van der Waals surface area (Å²) < 4.78 is 5.23. The fourth-order valence-electron chi connectivity index (χ4n) is 2.46. The van der Waals surface area contributed by atoms with Crippen molar-refractivity contribution in [1.82, 2.24) is 10.2 Å². The number of ether oxygens (including phenoxy) is 1. The van der Waals surface area contributed by atoms with E-state index in [1.165, 1.54) is 12.1 Å². The largest absolute Gasteiger partial charge is 0.496 e. The lowest BCUT2D eigenvalue weighted by atomic mass is 10.1. The van der Waals surface area contributed by atoms with E-state index < -0.39 is 5.97 Å². The highest BCUT2D eigenvalue weighted by molar-refractivity contribution is 5.87. The zero-order valence-corrected chi connectivity index (χ0v) is 14.6. The normalized spacial score (nSPS) is 10.2. The lowest BCUT2D eigenvalue weighted by Gasteiger charge is -2.19. The van der Waals surface area contributed by atoms with Gasteiger partial charge in [-0.3, -0.25) is 0 Å². The number of hydrogen-bond acceptors (Lipinski definition) is 3. The molecule has 0 aliphatic carbocycles. The minimum absolute atomic E-state index is 0.198. The van der Waals surface area contributed by atoms with Gasteiger partial charge in [-0.15, -0.1) is 0 Å². The van der Waals surface area contributed by atoms with Gasteiger partial charge in [-0.25, -0.2) is 9.59 Å². The molecule has 0 fully saturated rings. The fourth-order valence-corrected chi connectivity index (χ4v) is 2.46. The van der Waals surface area contributed by atoms with E-state index in [9.17, 15) is 9.59 Å². The van der Waals surface area contributed by atoms with Crippen LogP contribution in [0.4, 0.5) is 4.79 Å². The Morgan fingerprint density at radius 3 is 2.32 bits per heavy atom. The number of aryl methyl sites for hydroxylation is 1. The highest BCUT2D eigenvalue weighted by Gasteiger charge is 2.10. The number of nitrogens with one attached hydrogen (secondary N) is 1. The Morgan fingerprint density at radius 2 is 1.76 bits per heavy atom. The van der Waals surface area contributed by atoms with Crippen LogP contribution in [-0.4, -0.2) is 36.2 Å². The van der Waals surface area contributed by atoms with Crippen LogP contribution in [0, 0.1) is 6.92 Å². The van der Waals surface area contributed by atoms with E-state index in [1.807, 2.05) is 25.1 Å². The molecule has 2 N–H and O–H groups in total. The van der Waals surface area contributed by atoms with E-state index in [2.05, 4.69) is 5.32 Å². The van der Waals surface area contributed by atoms with Crippen molar-refractivity contribution >= 4 is 12.0 Å². The first kappa shape index (κ1) is 18.3. The van der Waals surface area contributed by atoms with Crippen molar-refractivity contribution in [2.75, 3.05) is 14.2 Å². The van der Waals surface area contributed by atoms with Crippen LogP contribution in [-0.2, 0) is 13.1 Å². The van der Waals surface area contributed by atoms with Crippen molar-refractivity contribution in [3.63, 3.8) is 0 Å². The van der Waals surface area contributed by atoms with Crippen LogP contribution in [0.15, 0.2) is 42.5 Å². The molecule has 6 heteroatoms. The summed E-state index contributed by atoms with van der Waals surface area (Å²) in [5.41, 5.74) is 3.10. The third-order valence-corrected chi connectivity index (χ3v) is 3.87. The molecule has 2 aromatic carbocycles. The van der Waals surface area contributed by atoms with Gasteiger partial charge in [-0.2, -0.15) is 0 Å². The van der Waals surface area contributed by atoms with Crippen LogP contribution < -0.4 is 10.1 Å². The number of rotatable bonds is 6. The van der Waals surface area contributed by atoms with E-state index >= 15 is 0 Å². The molecule has 0 radical (unpaired) electrons. The molecule has 0 saturated heterocycles. The smallest absolute Gasteiger partial charge is 0.335 e. The zero-order valence-electron chi connectivity index (χ0n) is 14.6. The maximum absolute atomic E-state index is 12.2. The molecule has 0 aromatic heterocycles. The summed E-state index contributed by atoms with van der Waals surface area (Å²) in [5, 5.41) is 11.7. The number of urea groups is 1. The van der Waals surface area contributed by atoms with Gasteiger partial charge in [0, 0.05) is 20.1 Å². The van der Waals surface area contributed by atoms with Crippen LogP contribution >= 0.6 is 0 Å². The zero-order chi connectivity index (χ0) is 18.4. The molecule has 0 aliphatic heterocycles. The summed E-state index contributed by atoms with van der Waals surface area (Å²) >= 11 is 0. The van der Waals surface area contributed by atoms with Crippen LogP contribution in [0.1, 0.15) is 27.0 Å². The molecule has 0 heterocycles. The predicted molar refractivity (Wildman–Crippen MR) is 94.8 cm³/mol. The molecule has 0 atom stereocenters. The molecular formula is C19H22N2O4. The van der Waals surface area contributed by atoms with Crippen LogP contribution in [0.5, 0.6) is 5.75 Å². The molecule has 0 bridgehead atoms. The minimum atomic E-state index is -0.967. The highest BCUT2D eigenvalue weighted by atomic mass is 16.5. The number of methoxy groups -OCH3 is 1. The molecule has 0 spiro atoms. The van der Waals surface area contributed by atoms with Crippen molar-refractivity contribution < 1.29 is 19.4 Å². The second-order valence-electron chi connectivity index (χ2n) is 5.82. The van der Waals surface area contributed by atoms with Crippen molar-refractivity contribution in [3.8, 4) is 5.75 Å². The first-order chi connectivity index (χ1) is 11.9. The Hall–Kier alpha value is -3.02. The number of nitrogens with zero attached hydrogens (tertiary/aromatic N) is 1. The second kappa shape index (κ2) is 8.19. The summed E-state index contributed by atoms with van der Waals surface area (Å²) in [5.74, 6) is -0.147. The van der Waals surface area contributed by atoms with Crippen LogP contribution in [0.3, 0.4) is 0 Å². The Labute approximate surface area is 147 Å². The lowest BCUT2D eigenvalue weighted by molar-refractivity contribution is 0.0697. The summed E-state index contributed by atoms with van der Waals surface area (Å²) in [6, 6.07) is 12.0. The lowest BCUT2D eigenvalue weighted by Crippen LogP contribution is -2.36. The first-order valence-corrected chi connectivity index (χ1v) is 7.85. The van der Waals surface area contributed by atoms with Crippen molar-refractivity contribution in [3.05, 3.63) is 64.7 Å². The van der Waals surface area contributed by atoms with Gasteiger partial charge in [-0.05, 0) is 41.8 Å². The van der Waals surface area contributed by atoms with Crippen molar-refractivity contribution in [1.29, 1.82) is 0 Å². The van der Waals surface area contributed by atoms with Gasteiger partial charge in [0.05, 0.1) is 12.7 Å². The number of carbonyl (C=O) groups is 2. The van der Waals surface area contributed by atoms with Gasteiger partial charge < -0.3 is 20.1 Å². The SMILES string of the molecule is COc1ccc(CN(C)C(=O)NCc2ccc(C(=O)O)cc2)cc1C. The molecule has 0 aliphatic rings. The van der Waals surface area contributed by atoms with Gasteiger partial charge in [0.1, 0.15) is 5.75 Å². The Kier molecular flexibility index (Phi) is 6.00. The molecular weight excluding hydrogens is 320 g/mol. The van der Waals surface area contributed by atoms with Gasteiger partial charge in [0.2, 0.25) is 0 Å². The topological polar surface area (TPSA) is 78.9 Å². The first-order valence-electron chi connectivity index (χ1n) is 7.85. The summed E-state index contributed by atoms with van der Waals surface area (Å²) in [6.45, 7) is 2.78. The average molecular weight is 342 g/mol. The van der Waals surface area contributed by atoms with Gasteiger partial charge in [-0.1, -0.05) is 24.3 Å². The van der Waals surface area contributed by atoms with Crippen LogP contribution in [0.2, 0.25) is 0 Å². The number of hydrogen-bond donors (Lipinski definition) is 2. The van der Waals surface area contributed by atoms with E-state index in [0.717, 1.165) is 22.4 Å². The monoisotopic (exact) mass is 342 g/mol. The minimum Gasteiger partial charge on any atom is -0.496 e. The third kappa shape index (κ3) is 4.97. The molecule has 0 unspecified atom stereocenters. The summed E-state index contributed by atoms with van der Waals surface area (Å²) in [6.07, 6.45) is 0. The Balaban J connectivity index is 1.89. The van der Waals surface area contributed by atoms with E-state index in [-0.39, 0.29) is 11.6 Å². The Bertz CT molecular complexity index is 757. The fraction of sp³-hybridized carbons (Fsp3) is 0.263. The number of carbonyl (C=O) groups excluding carboxylic acids is 1. The van der Waals surface area contributed by atoms with E-state index in [4.69, 9.17) is 9.84 Å². The standard InChI is InChI=1S/C19H22N2O4/c1-13-10-15(6-9-17(13)25-3)12-21(2)19(24)20-11-14-4-7-16(8-5-14)18(22)23/h4-10H,11-12H2,1-3H3,(H,20,24)(H,22,23). The maximum Gasteiger partial charge on any atom is 0.335 e. The summed E-state index contributed by atoms with van der Waals surface area (Å²) in [4.78, 5) is 24.6. The number of aromatic carboxylic acids is 1. The molecule has 0 saturated carbocycles. The number of benzene rings is 2. The van der Waals surface area contributed by atoms with Gasteiger partial charge >= 0.3 is 12.0 Å². The second-order valence-corrected chi connectivity index (χ2v) is 5.82. The van der Waals surface area contributed by atoms with Crippen molar-refractivity contribution in [2.45, 2.75) is 20.0 Å². The molecule has 25 heavy (non-hydrogen) atoms. The quantitative estimate of drug-likeness (QED) is 0.846. The molecule has 132 valence electrons. The van der Waals surface area contributed by atoms with E-state index in [1.54, 1.807) is 31.2 Å². The molecule has 2 amide bonds. The summed E-state index contributed by atoms with van der Waals surface area (Å²) in [7, 11) is 3.35. The van der Waals surface area contributed by atoms with Crippen LogP contribution in [0.25, 0.3) is 0 Å². The molecule has 6 nitrogen and oxygen atoms in total. The van der Waals surface area contributed by atoms with Gasteiger partial charge in [0.15, 0.2) is 0 Å². The maximum atomic E-state index is 12.2. The molecule has 2 aromatic rings. The Morgan fingerprint density at radius 1 is 1.12 bits per heavy atom. The highest BCUT2D eigenvalue weighted by Crippen LogP contribution is 2.19. The molecule has 2 rings (SSSR count). The van der Waals surface area contributed by atoms with Gasteiger partial charge in [0.25, 0.3) is 0 Å². The number of carboxylic acids is 1. The number of carboxylic acid groups (broad SMARTS) is 1. The number of amides is 2. The van der Waals surface area contributed by atoms with Crippen molar-refractivity contribution in [2.24, 2.45) is 0 Å². The predicted octanol–water partition coefficient (Wildman–Crippen LogP) is 3.04. The van der Waals surface area contributed by atoms with E-state index in [0.29, 0.717) is 13.1 Å². The average Bonchev–Trinajstić information content (AvgIpc) is 2.60.